The van der Waals surface area contributed by atoms with Gasteiger partial charge in [0.25, 0.3) is 0 Å². The maximum atomic E-state index is 10.7. The first-order valence-electron chi connectivity index (χ1n) is 3.55. The number of hydrogen-bond donors (Lipinski definition) is 2. The van der Waals surface area contributed by atoms with Gasteiger partial charge in [0.05, 0.1) is 0 Å². The molecule has 0 aliphatic carbocycles. The summed E-state index contributed by atoms with van der Waals surface area (Å²) in [7, 11) is 0. The van der Waals surface area contributed by atoms with Crippen molar-refractivity contribution >= 4 is 0 Å². The maximum absolute atomic E-state index is 10.7. The minimum absolute atomic E-state index is 0.0919. The van der Waals surface area contributed by atoms with Crippen LogP contribution in [0, 0.1) is 0 Å². The van der Waals surface area contributed by atoms with Crippen LogP contribution in [-0.2, 0) is 0 Å². The molecule has 60 valence electrons. The number of rotatable bonds is 2. The zero-order chi connectivity index (χ0) is 8.27. The Labute approximate surface area is 64.5 Å². The minimum Gasteiger partial charge on any atom is -0.323 e. The highest BCUT2D eigenvalue weighted by Gasteiger charge is 2.02. The Kier molecular flexibility index (Phi) is 2.38. The molecule has 1 rings (SSSR count). The highest BCUT2D eigenvalue weighted by Crippen LogP contribution is 2.06. The van der Waals surface area contributed by atoms with Crippen molar-refractivity contribution < 1.29 is 0 Å². The lowest BCUT2D eigenvalue weighted by Gasteiger charge is -2.06. The normalized spacial score (nSPS) is 12.9. The summed E-state index contributed by atoms with van der Waals surface area (Å²) in [4.78, 5) is 16.7. The van der Waals surface area contributed by atoms with E-state index in [1.807, 2.05) is 6.92 Å². The Morgan fingerprint density at radius 3 is 3.09 bits per heavy atom. The van der Waals surface area contributed by atoms with E-state index < -0.39 is 0 Å². The summed E-state index contributed by atoms with van der Waals surface area (Å²) in [5.41, 5.74) is 6.07. The third kappa shape index (κ3) is 1.88. The standard InChI is InChI=1S/C7H11N3O/c1-2-5(8)6-3-4-9-7(11)10-6/h3-5H,2,8H2,1H3,(H,9,10,11). The van der Waals surface area contributed by atoms with Gasteiger partial charge in [-0.05, 0) is 12.5 Å². The van der Waals surface area contributed by atoms with Crippen LogP contribution in [-0.4, -0.2) is 9.97 Å². The Hall–Kier alpha value is -1.16. The number of aromatic amines is 1. The molecule has 4 nitrogen and oxygen atoms in total. The molecular formula is C7H11N3O. The van der Waals surface area contributed by atoms with Gasteiger partial charge >= 0.3 is 5.69 Å². The van der Waals surface area contributed by atoms with E-state index in [1.165, 1.54) is 6.20 Å². The summed E-state index contributed by atoms with van der Waals surface area (Å²) in [5.74, 6) is 0. The van der Waals surface area contributed by atoms with E-state index in [0.29, 0.717) is 0 Å². The summed E-state index contributed by atoms with van der Waals surface area (Å²) >= 11 is 0. The highest BCUT2D eigenvalue weighted by atomic mass is 16.1. The van der Waals surface area contributed by atoms with Crippen LogP contribution in [0.1, 0.15) is 25.1 Å². The lowest BCUT2D eigenvalue weighted by Crippen LogP contribution is -2.17. The van der Waals surface area contributed by atoms with Gasteiger partial charge in [0, 0.05) is 17.9 Å². The SMILES string of the molecule is CCC(N)c1ccnc(=O)[nH]1. The third-order valence-corrected chi connectivity index (χ3v) is 1.54. The summed E-state index contributed by atoms with van der Waals surface area (Å²) in [6, 6.07) is 1.63. The average Bonchev–Trinajstić information content (AvgIpc) is 2.03. The molecule has 0 fully saturated rings. The molecule has 4 heteroatoms. The zero-order valence-electron chi connectivity index (χ0n) is 6.37. The molecule has 3 N–H and O–H groups in total. The van der Waals surface area contributed by atoms with Crippen LogP contribution in [0.4, 0.5) is 0 Å². The van der Waals surface area contributed by atoms with E-state index in [4.69, 9.17) is 5.73 Å². The predicted octanol–water partition coefficient (Wildman–Crippen LogP) is 0.180. The molecule has 1 aromatic rings. The molecule has 0 spiro atoms. The fourth-order valence-electron chi connectivity index (χ4n) is 0.819. The second-order valence-corrected chi connectivity index (χ2v) is 2.35. The molecule has 0 saturated heterocycles. The second kappa shape index (κ2) is 3.30. The van der Waals surface area contributed by atoms with Gasteiger partial charge in [0.15, 0.2) is 0 Å². The molecule has 0 aromatic carbocycles. The Morgan fingerprint density at radius 1 is 1.82 bits per heavy atom. The molecule has 0 radical (unpaired) electrons. The molecule has 11 heavy (non-hydrogen) atoms. The number of nitrogens with two attached hydrogens (primary N) is 1. The molecule has 1 aromatic heterocycles. The van der Waals surface area contributed by atoms with Crippen molar-refractivity contribution in [2.24, 2.45) is 5.73 Å². The molecule has 0 aliphatic rings. The van der Waals surface area contributed by atoms with Crippen LogP contribution in [0.3, 0.4) is 0 Å². The van der Waals surface area contributed by atoms with E-state index in [9.17, 15) is 4.79 Å². The van der Waals surface area contributed by atoms with Gasteiger partial charge in [-0.15, -0.1) is 0 Å². The minimum atomic E-state index is -0.341. The predicted molar refractivity (Wildman–Crippen MR) is 42.1 cm³/mol. The van der Waals surface area contributed by atoms with E-state index in [0.717, 1.165) is 12.1 Å². The van der Waals surface area contributed by atoms with Crippen molar-refractivity contribution in [2.45, 2.75) is 19.4 Å². The zero-order valence-corrected chi connectivity index (χ0v) is 6.37. The van der Waals surface area contributed by atoms with Crippen LogP contribution in [0.25, 0.3) is 0 Å². The van der Waals surface area contributed by atoms with Gasteiger partial charge in [0.1, 0.15) is 0 Å². The number of aromatic nitrogens is 2. The fourth-order valence-corrected chi connectivity index (χ4v) is 0.819. The van der Waals surface area contributed by atoms with Gasteiger partial charge in [0.2, 0.25) is 0 Å². The summed E-state index contributed by atoms with van der Waals surface area (Å²) in [6.07, 6.45) is 2.27. The summed E-state index contributed by atoms with van der Waals surface area (Å²) in [6.45, 7) is 1.96. The first-order chi connectivity index (χ1) is 5.24. The van der Waals surface area contributed by atoms with Crippen molar-refractivity contribution in [1.29, 1.82) is 0 Å². The van der Waals surface area contributed by atoms with Crippen molar-refractivity contribution in [2.75, 3.05) is 0 Å². The summed E-state index contributed by atoms with van der Waals surface area (Å²) < 4.78 is 0. The average molecular weight is 153 g/mol. The quantitative estimate of drug-likeness (QED) is 0.636. The molecule has 0 amide bonds. The third-order valence-electron chi connectivity index (χ3n) is 1.54. The van der Waals surface area contributed by atoms with Crippen LogP contribution < -0.4 is 11.4 Å². The Bertz CT molecular complexity index is 281. The van der Waals surface area contributed by atoms with Crippen LogP contribution in [0.15, 0.2) is 17.1 Å². The van der Waals surface area contributed by atoms with Crippen LogP contribution in [0.2, 0.25) is 0 Å². The number of hydrogen-bond acceptors (Lipinski definition) is 3. The Morgan fingerprint density at radius 2 is 2.55 bits per heavy atom. The van der Waals surface area contributed by atoms with Crippen molar-refractivity contribution in [3.05, 3.63) is 28.4 Å². The topological polar surface area (TPSA) is 71.8 Å². The van der Waals surface area contributed by atoms with Gasteiger partial charge in [-0.25, -0.2) is 9.78 Å². The van der Waals surface area contributed by atoms with E-state index >= 15 is 0 Å². The molecular weight excluding hydrogens is 142 g/mol. The molecule has 0 saturated carbocycles. The highest BCUT2D eigenvalue weighted by molar-refractivity contribution is 5.02. The smallest absolute Gasteiger partial charge is 0.323 e. The van der Waals surface area contributed by atoms with Crippen molar-refractivity contribution in [3.63, 3.8) is 0 Å². The monoisotopic (exact) mass is 153 g/mol. The van der Waals surface area contributed by atoms with E-state index in [-0.39, 0.29) is 11.7 Å². The lowest BCUT2D eigenvalue weighted by molar-refractivity contribution is 0.668. The van der Waals surface area contributed by atoms with Gasteiger partial charge in [-0.3, -0.25) is 0 Å². The summed E-state index contributed by atoms with van der Waals surface area (Å²) in [5, 5.41) is 0. The van der Waals surface area contributed by atoms with Gasteiger partial charge in [-0.1, -0.05) is 6.92 Å². The molecule has 1 unspecified atom stereocenters. The number of nitrogens with zero attached hydrogens (tertiary/aromatic N) is 1. The fraction of sp³-hybridized carbons (Fsp3) is 0.429. The Balaban J connectivity index is 2.96. The van der Waals surface area contributed by atoms with Crippen molar-refractivity contribution in [1.82, 2.24) is 9.97 Å². The number of H-pyrrole nitrogens is 1. The van der Waals surface area contributed by atoms with Crippen molar-refractivity contribution in [3.8, 4) is 0 Å². The number of nitrogens with one attached hydrogen (secondary N) is 1. The molecule has 1 atom stereocenters. The van der Waals surface area contributed by atoms with Gasteiger partial charge < -0.3 is 10.7 Å². The first-order valence-corrected chi connectivity index (χ1v) is 3.55. The lowest BCUT2D eigenvalue weighted by atomic mass is 10.2. The van der Waals surface area contributed by atoms with E-state index in [1.54, 1.807) is 6.07 Å². The van der Waals surface area contributed by atoms with E-state index in [2.05, 4.69) is 9.97 Å². The molecule has 1 heterocycles. The van der Waals surface area contributed by atoms with Crippen LogP contribution in [0.5, 0.6) is 0 Å². The molecule has 0 bridgehead atoms. The van der Waals surface area contributed by atoms with Crippen LogP contribution >= 0.6 is 0 Å². The maximum Gasteiger partial charge on any atom is 0.345 e. The second-order valence-electron chi connectivity index (χ2n) is 2.35. The van der Waals surface area contributed by atoms with Gasteiger partial charge in [-0.2, -0.15) is 0 Å². The largest absolute Gasteiger partial charge is 0.345 e. The first kappa shape index (κ1) is 7.94. The molecule has 0 aliphatic heterocycles.